The molecule has 1 aromatic rings. The van der Waals surface area contributed by atoms with Gasteiger partial charge in [0, 0.05) is 6.42 Å². The van der Waals surface area contributed by atoms with Crippen LogP contribution in [0, 0.1) is 0 Å². The predicted octanol–water partition coefficient (Wildman–Crippen LogP) is 2.06. The molecule has 1 unspecified atom stereocenters. The van der Waals surface area contributed by atoms with Gasteiger partial charge in [0.2, 0.25) is 0 Å². The van der Waals surface area contributed by atoms with Crippen LogP contribution in [0.3, 0.4) is 0 Å². The summed E-state index contributed by atoms with van der Waals surface area (Å²) in [5, 5.41) is 9.62. The fourth-order valence-electron chi connectivity index (χ4n) is 1.65. The Bertz CT molecular complexity index is 307. The minimum atomic E-state index is -0.328. The number of rotatable bonds is 2. The SMILES string of the molecule is CCC(O)c1ccc2c(c1)CCO2. The Balaban J connectivity index is 2.30. The summed E-state index contributed by atoms with van der Waals surface area (Å²) in [6.07, 6.45) is 1.41. The van der Waals surface area contributed by atoms with E-state index in [0.29, 0.717) is 0 Å². The van der Waals surface area contributed by atoms with Crippen LogP contribution in [-0.2, 0) is 6.42 Å². The molecule has 70 valence electrons. The molecule has 0 fully saturated rings. The normalized spacial score (nSPS) is 16.5. The van der Waals surface area contributed by atoms with Crippen molar-refractivity contribution in [2.45, 2.75) is 25.9 Å². The number of hydrogen-bond acceptors (Lipinski definition) is 2. The van der Waals surface area contributed by atoms with Crippen molar-refractivity contribution in [3.05, 3.63) is 29.3 Å². The molecule has 2 rings (SSSR count). The first kappa shape index (κ1) is 8.57. The number of hydrogen-bond donors (Lipinski definition) is 1. The summed E-state index contributed by atoms with van der Waals surface area (Å²) in [4.78, 5) is 0. The quantitative estimate of drug-likeness (QED) is 0.751. The van der Waals surface area contributed by atoms with Gasteiger partial charge in [-0.15, -0.1) is 0 Å². The van der Waals surface area contributed by atoms with Gasteiger partial charge in [0.15, 0.2) is 0 Å². The number of benzene rings is 1. The maximum absolute atomic E-state index is 9.62. The van der Waals surface area contributed by atoms with Crippen LogP contribution >= 0.6 is 0 Å². The van der Waals surface area contributed by atoms with E-state index in [-0.39, 0.29) is 6.10 Å². The smallest absolute Gasteiger partial charge is 0.122 e. The molecule has 13 heavy (non-hydrogen) atoms. The zero-order valence-electron chi connectivity index (χ0n) is 7.79. The molecule has 1 aliphatic heterocycles. The summed E-state index contributed by atoms with van der Waals surface area (Å²) in [7, 11) is 0. The highest BCUT2D eigenvalue weighted by molar-refractivity contribution is 5.40. The summed E-state index contributed by atoms with van der Waals surface area (Å²) < 4.78 is 5.39. The highest BCUT2D eigenvalue weighted by atomic mass is 16.5. The van der Waals surface area contributed by atoms with E-state index in [4.69, 9.17) is 4.74 Å². The Labute approximate surface area is 78.2 Å². The van der Waals surface area contributed by atoms with Crippen LogP contribution in [0.5, 0.6) is 5.75 Å². The van der Waals surface area contributed by atoms with Gasteiger partial charge in [-0.1, -0.05) is 13.0 Å². The first-order valence-corrected chi connectivity index (χ1v) is 4.75. The maximum Gasteiger partial charge on any atom is 0.122 e. The Kier molecular flexibility index (Phi) is 2.23. The van der Waals surface area contributed by atoms with Crippen molar-refractivity contribution in [3.63, 3.8) is 0 Å². The third-order valence-corrected chi connectivity index (χ3v) is 2.48. The molecule has 0 radical (unpaired) electrons. The molecule has 2 heteroatoms. The molecule has 0 spiro atoms. The van der Waals surface area contributed by atoms with Crippen LogP contribution in [0.15, 0.2) is 18.2 Å². The Morgan fingerprint density at radius 3 is 3.15 bits per heavy atom. The van der Waals surface area contributed by atoms with Crippen molar-refractivity contribution in [3.8, 4) is 5.75 Å². The molecule has 0 saturated carbocycles. The minimum absolute atomic E-state index is 0.328. The van der Waals surface area contributed by atoms with Crippen LogP contribution in [0.4, 0.5) is 0 Å². The maximum atomic E-state index is 9.62. The molecular formula is C11H14O2. The van der Waals surface area contributed by atoms with Gasteiger partial charge < -0.3 is 9.84 Å². The lowest BCUT2D eigenvalue weighted by Gasteiger charge is -2.08. The number of aliphatic hydroxyl groups is 1. The fraction of sp³-hybridized carbons (Fsp3) is 0.455. The summed E-state index contributed by atoms with van der Waals surface area (Å²) >= 11 is 0. The van der Waals surface area contributed by atoms with Crippen LogP contribution in [-0.4, -0.2) is 11.7 Å². The second-order valence-electron chi connectivity index (χ2n) is 3.39. The number of ether oxygens (including phenoxy) is 1. The Morgan fingerprint density at radius 2 is 2.38 bits per heavy atom. The van der Waals surface area contributed by atoms with Crippen LogP contribution in [0.2, 0.25) is 0 Å². The van der Waals surface area contributed by atoms with Gasteiger partial charge in [0.1, 0.15) is 5.75 Å². The number of fused-ring (bicyclic) bond motifs is 1. The molecule has 0 saturated heterocycles. The molecule has 0 aromatic heterocycles. The van der Waals surface area contributed by atoms with Crippen LogP contribution < -0.4 is 4.74 Å². The van der Waals surface area contributed by atoms with Gasteiger partial charge in [-0.25, -0.2) is 0 Å². The van der Waals surface area contributed by atoms with Crippen molar-refractivity contribution in [1.29, 1.82) is 0 Å². The second kappa shape index (κ2) is 3.38. The molecule has 0 aliphatic carbocycles. The molecule has 0 amide bonds. The molecule has 1 aromatic carbocycles. The number of aliphatic hydroxyl groups excluding tert-OH is 1. The third kappa shape index (κ3) is 1.54. The second-order valence-corrected chi connectivity index (χ2v) is 3.39. The fourth-order valence-corrected chi connectivity index (χ4v) is 1.65. The zero-order valence-corrected chi connectivity index (χ0v) is 7.79. The van der Waals surface area contributed by atoms with Gasteiger partial charge >= 0.3 is 0 Å². The standard InChI is InChI=1S/C11H14O2/c1-2-10(12)8-3-4-11-9(7-8)5-6-13-11/h3-4,7,10,12H,2,5-6H2,1H3. The zero-order chi connectivity index (χ0) is 9.26. The van der Waals surface area contributed by atoms with E-state index in [9.17, 15) is 5.11 Å². The van der Waals surface area contributed by atoms with E-state index in [0.717, 1.165) is 30.8 Å². The molecule has 1 atom stereocenters. The first-order valence-electron chi connectivity index (χ1n) is 4.75. The topological polar surface area (TPSA) is 29.5 Å². The van der Waals surface area contributed by atoms with Crippen molar-refractivity contribution in [1.82, 2.24) is 0 Å². The van der Waals surface area contributed by atoms with Gasteiger partial charge in [0.25, 0.3) is 0 Å². The Morgan fingerprint density at radius 1 is 1.54 bits per heavy atom. The van der Waals surface area contributed by atoms with E-state index >= 15 is 0 Å². The molecule has 1 heterocycles. The summed E-state index contributed by atoms with van der Waals surface area (Å²) in [5.41, 5.74) is 2.23. The summed E-state index contributed by atoms with van der Waals surface area (Å²) in [6, 6.07) is 5.95. The lowest BCUT2D eigenvalue weighted by Crippen LogP contribution is -1.95. The van der Waals surface area contributed by atoms with Crippen molar-refractivity contribution < 1.29 is 9.84 Å². The van der Waals surface area contributed by atoms with E-state index in [2.05, 4.69) is 6.07 Å². The average molecular weight is 178 g/mol. The van der Waals surface area contributed by atoms with Gasteiger partial charge in [-0.05, 0) is 29.7 Å². The third-order valence-electron chi connectivity index (χ3n) is 2.48. The van der Waals surface area contributed by atoms with Gasteiger partial charge in [-0.3, -0.25) is 0 Å². The van der Waals surface area contributed by atoms with Gasteiger partial charge in [0.05, 0.1) is 12.7 Å². The lowest BCUT2D eigenvalue weighted by molar-refractivity contribution is 0.173. The van der Waals surface area contributed by atoms with E-state index in [1.807, 2.05) is 19.1 Å². The highest BCUT2D eigenvalue weighted by Gasteiger charge is 2.14. The van der Waals surface area contributed by atoms with E-state index < -0.39 is 0 Å². The predicted molar refractivity (Wildman–Crippen MR) is 50.9 cm³/mol. The molecule has 1 N–H and O–H groups in total. The van der Waals surface area contributed by atoms with E-state index in [1.54, 1.807) is 0 Å². The monoisotopic (exact) mass is 178 g/mol. The summed E-state index contributed by atoms with van der Waals surface area (Å²) in [5.74, 6) is 0.979. The van der Waals surface area contributed by atoms with Crippen LogP contribution in [0.1, 0.15) is 30.6 Å². The molecule has 1 aliphatic rings. The van der Waals surface area contributed by atoms with Crippen molar-refractivity contribution in [2.24, 2.45) is 0 Å². The summed E-state index contributed by atoms with van der Waals surface area (Å²) in [6.45, 7) is 2.76. The average Bonchev–Trinajstić information content (AvgIpc) is 2.63. The highest BCUT2D eigenvalue weighted by Crippen LogP contribution is 2.28. The first-order chi connectivity index (χ1) is 6.31. The van der Waals surface area contributed by atoms with Crippen molar-refractivity contribution >= 4 is 0 Å². The molecule has 2 nitrogen and oxygen atoms in total. The van der Waals surface area contributed by atoms with E-state index in [1.165, 1.54) is 5.56 Å². The minimum Gasteiger partial charge on any atom is -0.493 e. The van der Waals surface area contributed by atoms with Crippen LogP contribution in [0.25, 0.3) is 0 Å². The Hall–Kier alpha value is -1.02. The molecule has 0 bridgehead atoms. The van der Waals surface area contributed by atoms with Gasteiger partial charge in [-0.2, -0.15) is 0 Å². The van der Waals surface area contributed by atoms with Crippen molar-refractivity contribution in [2.75, 3.05) is 6.61 Å². The largest absolute Gasteiger partial charge is 0.493 e. The lowest BCUT2D eigenvalue weighted by atomic mass is 10.0. The molecular weight excluding hydrogens is 164 g/mol.